The van der Waals surface area contributed by atoms with Crippen molar-refractivity contribution < 1.29 is 0 Å². The maximum absolute atomic E-state index is 9.81. The van der Waals surface area contributed by atoms with Gasteiger partial charge in [-0.05, 0) is 23.0 Å². The number of pyridine rings is 1. The number of hydrogen-bond acceptors (Lipinski definition) is 2. The lowest BCUT2D eigenvalue weighted by Crippen LogP contribution is -2.49. The molecule has 17 heavy (non-hydrogen) atoms. The van der Waals surface area contributed by atoms with Crippen LogP contribution in [0.25, 0.3) is 0 Å². The average Bonchev–Trinajstić information content (AvgIpc) is 2.16. The average molecular weight is 230 g/mol. The van der Waals surface area contributed by atoms with E-state index in [-0.39, 0.29) is 10.8 Å². The van der Waals surface area contributed by atoms with Crippen LogP contribution in [0.1, 0.15) is 47.2 Å². The van der Waals surface area contributed by atoms with E-state index in [4.69, 9.17) is 0 Å². The van der Waals surface area contributed by atoms with E-state index in [0.29, 0.717) is 0 Å². The fourth-order valence-corrected chi connectivity index (χ4v) is 2.87. The van der Waals surface area contributed by atoms with Gasteiger partial charge in [-0.25, -0.2) is 0 Å². The first kappa shape index (κ1) is 13.7. The van der Waals surface area contributed by atoms with Gasteiger partial charge in [0.25, 0.3) is 0 Å². The number of rotatable bonds is 1. The van der Waals surface area contributed by atoms with Crippen molar-refractivity contribution in [3.8, 4) is 6.07 Å². The third-order valence-corrected chi connectivity index (χ3v) is 3.47. The van der Waals surface area contributed by atoms with Gasteiger partial charge in [0.1, 0.15) is 5.41 Å². The molecular formula is C15H22N2. The molecular weight excluding hydrogens is 208 g/mol. The Kier molecular flexibility index (Phi) is 3.34. The molecule has 1 aromatic heterocycles. The molecule has 0 unspecified atom stereocenters. The van der Waals surface area contributed by atoms with E-state index in [1.165, 1.54) is 0 Å². The van der Waals surface area contributed by atoms with Crippen LogP contribution in [0.5, 0.6) is 0 Å². The van der Waals surface area contributed by atoms with Gasteiger partial charge in [-0.2, -0.15) is 5.26 Å². The molecule has 0 saturated carbocycles. The lowest BCUT2D eigenvalue weighted by molar-refractivity contribution is 0.102. The highest BCUT2D eigenvalue weighted by molar-refractivity contribution is 5.33. The molecule has 1 heterocycles. The Morgan fingerprint density at radius 1 is 1.00 bits per heavy atom. The van der Waals surface area contributed by atoms with Crippen LogP contribution < -0.4 is 0 Å². The summed E-state index contributed by atoms with van der Waals surface area (Å²) in [6.07, 6.45) is 1.76. The van der Waals surface area contributed by atoms with Crippen molar-refractivity contribution in [2.75, 3.05) is 0 Å². The van der Waals surface area contributed by atoms with Crippen molar-refractivity contribution in [3.63, 3.8) is 0 Å². The zero-order valence-corrected chi connectivity index (χ0v) is 11.7. The summed E-state index contributed by atoms with van der Waals surface area (Å²) in [4.78, 5) is 4.43. The van der Waals surface area contributed by atoms with E-state index >= 15 is 0 Å². The topological polar surface area (TPSA) is 36.7 Å². The van der Waals surface area contributed by atoms with Crippen molar-refractivity contribution in [2.24, 2.45) is 10.8 Å². The van der Waals surface area contributed by atoms with Crippen LogP contribution >= 0.6 is 0 Å². The lowest BCUT2D eigenvalue weighted by Gasteiger charge is -2.48. The third-order valence-electron chi connectivity index (χ3n) is 3.47. The van der Waals surface area contributed by atoms with Crippen LogP contribution in [-0.4, -0.2) is 4.98 Å². The van der Waals surface area contributed by atoms with Gasteiger partial charge < -0.3 is 0 Å². The highest BCUT2D eigenvalue weighted by atomic mass is 14.7. The van der Waals surface area contributed by atoms with Crippen molar-refractivity contribution in [3.05, 3.63) is 30.1 Å². The minimum Gasteiger partial charge on any atom is -0.260 e. The second-order valence-corrected chi connectivity index (χ2v) is 6.58. The molecule has 0 spiro atoms. The van der Waals surface area contributed by atoms with E-state index < -0.39 is 5.41 Å². The van der Waals surface area contributed by atoms with Crippen molar-refractivity contribution >= 4 is 0 Å². The van der Waals surface area contributed by atoms with Crippen LogP contribution in [0.2, 0.25) is 0 Å². The van der Waals surface area contributed by atoms with E-state index in [9.17, 15) is 5.26 Å². The smallest absolute Gasteiger partial charge is 0.109 e. The Labute approximate surface area is 105 Å². The van der Waals surface area contributed by atoms with Crippen molar-refractivity contribution in [2.45, 2.75) is 47.0 Å². The standard InChI is InChI=1S/C15H22N2/c1-13(2,3)15(11-16,14(4,5)6)12-9-7-8-10-17-12/h7-10H,1-6H3. The molecule has 0 fully saturated rings. The second kappa shape index (κ2) is 4.14. The Hall–Kier alpha value is -1.36. The van der Waals surface area contributed by atoms with Gasteiger partial charge in [-0.15, -0.1) is 0 Å². The largest absolute Gasteiger partial charge is 0.260 e. The fourth-order valence-electron chi connectivity index (χ4n) is 2.87. The molecule has 0 aliphatic heterocycles. The number of nitriles is 1. The molecule has 0 amide bonds. The number of aromatic nitrogens is 1. The maximum Gasteiger partial charge on any atom is 0.109 e. The number of hydrogen-bond donors (Lipinski definition) is 0. The minimum atomic E-state index is -0.596. The first-order chi connectivity index (χ1) is 7.67. The van der Waals surface area contributed by atoms with E-state index in [2.05, 4.69) is 52.6 Å². The summed E-state index contributed by atoms with van der Waals surface area (Å²) in [7, 11) is 0. The predicted octanol–water partition coefficient (Wildman–Crippen LogP) is 3.94. The van der Waals surface area contributed by atoms with Crippen LogP contribution in [0.4, 0.5) is 0 Å². The quantitative estimate of drug-likeness (QED) is 0.732. The third kappa shape index (κ3) is 2.07. The molecule has 1 rings (SSSR count). The molecule has 1 aromatic rings. The molecule has 2 heteroatoms. The van der Waals surface area contributed by atoms with Crippen molar-refractivity contribution in [1.82, 2.24) is 4.98 Å². The van der Waals surface area contributed by atoms with Gasteiger partial charge >= 0.3 is 0 Å². The van der Waals surface area contributed by atoms with Gasteiger partial charge in [0.15, 0.2) is 0 Å². The SMILES string of the molecule is CC(C)(C)C(C#N)(c1ccccn1)C(C)(C)C. The summed E-state index contributed by atoms with van der Waals surface area (Å²) in [5, 5.41) is 9.81. The molecule has 0 radical (unpaired) electrons. The molecule has 2 nitrogen and oxygen atoms in total. The van der Waals surface area contributed by atoms with Crippen LogP contribution in [0.3, 0.4) is 0 Å². The van der Waals surface area contributed by atoms with Crippen molar-refractivity contribution in [1.29, 1.82) is 5.26 Å². The monoisotopic (exact) mass is 230 g/mol. The van der Waals surface area contributed by atoms with Crippen LogP contribution in [-0.2, 0) is 5.41 Å². The van der Waals surface area contributed by atoms with Gasteiger partial charge in [-0.1, -0.05) is 47.6 Å². The molecule has 0 aliphatic rings. The summed E-state index contributed by atoms with van der Waals surface area (Å²) in [5.41, 5.74) is -0.0771. The normalized spacial score (nSPS) is 13.2. The molecule has 0 saturated heterocycles. The summed E-state index contributed by atoms with van der Waals surface area (Å²) in [6.45, 7) is 12.6. The molecule has 0 bridgehead atoms. The van der Waals surface area contributed by atoms with Crippen LogP contribution in [0, 0.1) is 22.2 Å². The zero-order valence-electron chi connectivity index (χ0n) is 11.7. The first-order valence-electron chi connectivity index (χ1n) is 5.99. The minimum absolute atomic E-state index is 0.172. The summed E-state index contributed by atoms with van der Waals surface area (Å²) in [6, 6.07) is 8.34. The van der Waals surface area contributed by atoms with E-state index in [1.807, 2.05) is 18.2 Å². The molecule has 0 aliphatic carbocycles. The Morgan fingerprint density at radius 3 is 1.82 bits per heavy atom. The molecule has 0 aromatic carbocycles. The lowest BCUT2D eigenvalue weighted by atomic mass is 9.53. The highest BCUT2D eigenvalue weighted by Gasteiger charge is 2.53. The van der Waals surface area contributed by atoms with Gasteiger partial charge in [-0.3, -0.25) is 4.98 Å². The molecule has 0 N–H and O–H groups in total. The van der Waals surface area contributed by atoms with Gasteiger partial charge in [0, 0.05) is 6.20 Å². The van der Waals surface area contributed by atoms with Gasteiger partial charge in [0.2, 0.25) is 0 Å². The Balaban J connectivity index is 3.57. The summed E-state index contributed by atoms with van der Waals surface area (Å²) >= 11 is 0. The Bertz CT molecular complexity index is 399. The number of nitrogens with zero attached hydrogens (tertiary/aromatic N) is 2. The zero-order chi connectivity index (χ0) is 13.3. The second-order valence-electron chi connectivity index (χ2n) is 6.58. The fraction of sp³-hybridized carbons (Fsp3) is 0.600. The predicted molar refractivity (Wildman–Crippen MR) is 70.4 cm³/mol. The maximum atomic E-state index is 9.81. The van der Waals surface area contributed by atoms with Gasteiger partial charge in [0.05, 0.1) is 11.8 Å². The highest BCUT2D eigenvalue weighted by Crippen LogP contribution is 2.52. The first-order valence-corrected chi connectivity index (χ1v) is 5.99. The summed E-state index contributed by atoms with van der Waals surface area (Å²) in [5.74, 6) is 0. The van der Waals surface area contributed by atoms with E-state index in [0.717, 1.165) is 5.69 Å². The molecule has 92 valence electrons. The van der Waals surface area contributed by atoms with E-state index in [1.54, 1.807) is 6.20 Å². The Morgan fingerprint density at radius 2 is 1.53 bits per heavy atom. The van der Waals surface area contributed by atoms with Crippen LogP contribution in [0.15, 0.2) is 24.4 Å². The summed E-state index contributed by atoms with van der Waals surface area (Å²) < 4.78 is 0. The molecule has 0 atom stereocenters.